The molecule has 10 nitrogen and oxygen atoms in total. The number of nitrogens with zero attached hydrogens (tertiary/aromatic N) is 1. The molecule has 0 spiro atoms. The number of sulfone groups is 1. The average Bonchev–Trinajstić information content (AvgIpc) is 3.17. The van der Waals surface area contributed by atoms with Crippen LogP contribution in [0.5, 0.6) is 5.75 Å². The molecule has 2 aliphatic heterocycles. The van der Waals surface area contributed by atoms with Crippen molar-refractivity contribution in [2.24, 2.45) is 0 Å². The maximum Gasteiger partial charge on any atom is 0.209 e. The van der Waals surface area contributed by atoms with Gasteiger partial charge in [-0.05, 0) is 70.9 Å². The highest BCUT2D eigenvalue weighted by atomic mass is 32.2. The van der Waals surface area contributed by atoms with Gasteiger partial charge in [-0.3, -0.25) is 0 Å². The lowest BCUT2D eigenvalue weighted by Crippen LogP contribution is -2.58. The standard InChI is InChI=1S/C44H66N2O8SSi/c1-31(2)56(32(3)4,33(5)6)54-42-29-45-28-41(43(42)36-15-13-35(14-16-36)30-51-26-25-50-9)53-44(55(47,48)38-18-11-34(7)12-19-38)37-17-20-40-39(27-37)46(22-24-52-40)21-10-23-49-8/h11-20,27,31-33,41-45H,10,21-26,28-30H2,1-9H3/t41-,42+,43+,44?/m0/s1. The Kier molecular flexibility index (Phi) is 16.0. The first-order valence-electron chi connectivity index (χ1n) is 20.3. The van der Waals surface area contributed by atoms with E-state index in [0.29, 0.717) is 74.9 Å². The zero-order valence-electron chi connectivity index (χ0n) is 35.1. The highest BCUT2D eigenvalue weighted by Gasteiger charge is 2.50. The van der Waals surface area contributed by atoms with Crippen molar-refractivity contribution < 1.29 is 36.5 Å². The number of rotatable bonds is 20. The van der Waals surface area contributed by atoms with E-state index in [-0.39, 0.29) is 16.9 Å². The second-order valence-electron chi connectivity index (χ2n) is 16.2. The lowest BCUT2D eigenvalue weighted by molar-refractivity contribution is -0.0365. The molecule has 1 N–H and O–H groups in total. The summed E-state index contributed by atoms with van der Waals surface area (Å²) in [5.41, 5.74) is 4.33. The summed E-state index contributed by atoms with van der Waals surface area (Å²) < 4.78 is 67.0. The Bertz CT molecular complexity index is 1750. The summed E-state index contributed by atoms with van der Waals surface area (Å²) in [5, 5.41) is 3.62. The summed E-state index contributed by atoms with van der Waals surface area (Å²) in [7, 11) is -3.04. The first kappa shape index (κ1) is 44.3. The Morgan fingerprint density at radius 1 is 0.839 bits per heavy atom. The number of piperidine rings is 1. The van der Waals surface area contributed by atoms with E-state index in [9.17, 15) is 8.42 Å². The van der Waals surface area contributed by atoms with Crippen LogP contribution in [0.4, 0.5) is 5.69 Å². The minimum atomic E-state index is -4.04. The van der Waals surface area contributed by atoms with Gasteiger partial charge in [-0.1, -0.05) is 89.6 Å². The molecule has 5 rings (SSSR count). The van der Waals surface area contributed by atoms with Crippen molar-refractivity contribution in [3.63, 3.8) is 0 Å². The highest BCUT2D eigenvalue weighted by molar-refractivity contribution is 7.91. The van der Waals surface area contributed by atoms with Crippen LogP contribution in [0.2, 0.25) is 16.6 Å². The Morgan fingerprint density at radius 2 is 1.50 bits per heavy atom. The number of hydrogen-bond donors (Lipinski definition) is 1. The van der Waals surface area contributed by atoms with Crippen molar-refractivity contribution in [3.05, 3.63) is 89.0 Å². The van der Waals surface area contributed by atoms with Gasteiger partial charge in [0, 0.05) is 46.4 Å². The Hall–Kier alpha value is -2.81. The van der Waals surface area contributed by atoms with Crippen LogP contribution >= 0.6 is 0 Å². The van der Waals surface area contributed by atoms with Gasteiger partial charge in [0.2, 0.25) is 18.2 Å². The quantitative estimate of drug-likeness (QED) is 0.0888. The van der Waals surface area contributed by atoms with Crippen molar-refractivity contribution in [1.29, 1.82) is 0 Å². The van der Waals surface area contributed by atoms with Crippen LogP contribution in [0.25, 0.3) is 0 Å². The van der Waals surface area contributed by atoms with E-state index in [1.54, 1.807) is 26.4 Å². The maximum absolute atomic E-state index is 14.9. The van der Waals surface area contributed by atoms with E-state index in [1.165, 1.54) is 0 Å². The van der Waals surface area contributed by atoms with Crippen molar-refractivity contribution in [3.8, 4) is 5.75 Å². The van der Waals surface area contributed by atoms with Crippen molar-refractivity contribution in [2.75, 3.05) is 71.7 Å². The lowest BCUT2D eigenvalue weighted by atomic mass is 9.85. The van der Waals surface area contributed by atoms with Gasteiger partial charge in [-0.2, -0.15) is 0 Å². The molecule has 0 bridgehead atoms. The summed E-state index contributed by atoms with van der Waals surface area (Å²) in [4.78, 5) is 2.47. The van der Waals surface area contributed by atoms with Crippen molar-refractivity contribution in [2.45, 2.75) is 107 Å². The highest BCUT2D eigenvalue weighted by Crippen LogP contribution is 2.47. The van der Waals surface area contributed by atoms with E-state index in [4.69, 9.17) is 28.1 Å². The van der Waals surface area contributed by atoms with Crippen molar-refractivity contribution >= 4 is 23.8 Å². The van der Waals surface area contributed by atoms with Crippen LogP contribution in [-0.4, -0.2) is 95.8 Å². The number of ether oxygens (including phenoxy) is 5. The van der Waals surface area contributed by atoms with Gasteiger partial charge in [-0.15, -0.1) is 0 Å². The van der Waals surface area contributed by atoms with Crippen LogP contribution in [0.15, 0.2) is 71.6 Å². The smallest absolute Gasteiger partial charge is 0.209 e. The van der Waals surface area contributed by atoms with Gasteiger partial charge >= 0.3 is 0 Å². The SMILES string of the molecule is COCCCN1CCOc2ccc(C(O[C@H]3CNC[C@@H](O[Si](C(C)C)(C(C)C)C(C)C)[C@@H]3c3ccc(COCCOC)cc3)S(=O)(=O)c3ccc(C)cc3)cc21. The molecule has 0 radical (unpaired) electrons. The van der Waals surface area contributed by atoms with Crippen LogP contribution in [-0.2, 0) is 39.8 Å². The summed E-state index contributed by atoms with van der Waals surface area (Å²) in [6, 6.07) is 21.2. The fourth-order valence-corrected chi connectivity index (χ4v) is 15.9. The second kappa shape index (κ2) is 20.2. The maximum atomic E-state index is 14.9. The van der Waals surface area contributed by atoms with E-state index in [2.05, 4.69) is 76.0 Å². The minimum Gasteiger partial charge on any atom is -0.490 e. The molecule has 0 amide bonds. The van der Waals surface area contributed by atoms with E-state index < -0.39 is 29.7 Å². The number of benzene rings is 3. The molecule has 1 fully saturated rings. The monoisotopic (exact) mass is 810 g/mol. The second-order valence-corrected chi connectivity index (χ2v) is 23.6. The molecule has 0 saturated carbocycles. The van der Waals surface area contributed by atoms with Gasteiger partial charge in [0.1, 0.15) is 12.4 Å². The molecule has 12 heteroatoms. The normalized spacial score (nSPS) is 19.7. The Morgan fingerprint density at radius 3 is 2.14 bits per heavy atom. The van der Waals surface area contributed by atoms with Crippen LogP contribution in [0.3, 0.4) is 0 Å². The van der Waals surface area contributed by atoms with Gasteiger partial charge in [0.25, 0.3) is 0 Å². The number of methoxy groups -OCH3 is 2. The van der Waals surface area contributed by atoms with Gasteiger partial charge in [-0.25, -0.2) is 8.42 Å². The molecule has 2 aliphatic rings. The predicted molar refractivity (Wildman–Crippen MR) is 226 cm³/mol. The first-order valence-corrected chi connectivity index (χ1v) is 24.0. The van der Waals surface area contributed by atoms with Crippen LogP contribution < -0.4 is 15.0 Å². The Labute approximate surface area is 337 Å². The summed E-state index contributed by atoms with van der Waals surface area (Å²) in [5.74, 6) is 0.489. The zero-order valence-corrected chi connectivity index (χ0v) is 36.9. The fourth-order valence-electron chi connectivity index (χ4n) is 8.79. The van der Waals surface area contributed by atoms with Gasteiger partial charge in [0.15, 0.2) is 5.44 Å². The number of aryl methyl sites for hydroxylation is 1. The molecule has 2 heterocycles. The molecular formula is C44H66N2O8SSi. The lowest BCUT2D eigenvalue weighted by Gasteiger charge is -2.49. The molecule has 56 heavy (non-hydrogen) atoms. The summed E-state index contributed by atoms with van der Waals surface area (Å²) >= 11 is 0. The molecule has 1 unspecified atom stereocenters. The number of nitrogens with one attached hydrogen (secondary N) is 1. The van der Waals surface area contributed by atoms with Crippen molar-refractivity contribution in [1.82, 2.24) is 5.32 Å². The first-order chi connectivity index (χ1) is 26.8. The summed E-state index contributed by atoms with van der Waals surface area (Å²) in [6.45, 7) is 21.0. The van der Waals surface area contributed by atoms with E-state index in [0.717, 1.165) is 41.1 Å². The Balaban J connectivity index is 1.60. The molecule has 0 aliphatic carbocycles. The van der Waals surface area contributed by atoms with Gasteiger partial charge < -0.3 is 38.3 Å². The molecule has 4 atom stereocenters. The number of fused-ring (bicyclic) bond motifs is 1. The molecule has 310 valence electrons. The predicted octanol–water partition coefficient (Wildman–Crippen LogP) is 8.20. The summed E-state index contributed by atoms with van der Waals surface area (Å²) in [6.07, 6.45) is 0.0586. The third-order valence-electron chi connectivity index (χ3n) is 11.5. The molecular weight excluding hydrogens is 745 g/mol. The van der Waals surface area contributed by atoms with Crippen LogP contribution in [0, 0.1) is 6.92 Å². The number of anilines is 1. The van der Waals surface area contributed by atoms with Gasteiger partial charge in [0.05, 0.1) is 49.2 Å². The molecule has 3 aromatic carbocycles. The average molecular weight is 811 g/mol. The third kappa shape index (κ3) is 10.2. The molecule has 0 aromatic heterocycles. The zero-order chi connectivity index (χ0) is 40.5. The third-order valence-corrected chi connectivity index (χ3v) is 19.5. The fraction of sp³-hybridized carbons (Fsp3) is 0.591. The minimum absolute atomic E-state index is 0.218. The number of hydrogen-bond acceptors (Lipinski definition) is 10. The largest absolute Gasteiger partial charge is 0.490 e. The van der Waals surface area contributed by atoms with E-state index >= 15 is 0 Å². The molecule has 1 saturated heterocycles. The topological polar surface area (TPSA) is 105 Å². The van der Waals surface area contributed by atoms with E-state index in [1.807, 2.05) is 37.3 Å². The van der Waals surface area contributed by atoms with Crippen LogP contribution in [0.1, 0.15) is 81.6 Å². The molecule has 3 aromatic rings.